The van der Waals surface area contributed by atoms with Crippen LogP contribution in [0.25, 0.3) is 94.5 Å². The summed E-state index contributed by atoms with van der Waals surface area (Å²) >= 11 is 0. The Balaban J connectivity index is 1.21. The van der Waals surface area contributed by atoms with Crippen molar-refractivity contribution in [3.63, 3.8) is 0 Å². The Bertz CT molecular complexity index is 3400. The van der Waals surface area contributed by atoms with Gasteiger partial charge in [-0.2, -0.15) is 0 Å². The van der Waals surface area contributed by atoms with Crippen molar-refractivity contribution in [3.8, 4) is 45.3 Å². The van der Waals surface area contributed by atoms with Crippen LogP contribution in [0.5, 0.6) is 0 Å². The molecule has 1 atom stereocenters. The molecule has 0 amide bonds. The number of hydrogen-bond donors (Lipinski definition) is 0. The minimum absolute atomic E-state index is 0.166. The normalized spacial score (nSPS) is 15.0. The molecule has 0 spiro atoms. The van der Waals surface area contributed by atoms with Crippen molar-refractivity contribution in [1.82, 2.24) is 19.1 Å². The standard InChI is InChI=1S/C58H42N4/c1-4-20-39(21-5-1)42-30-18-36-54(61-50-32-14-10-26-44(50)45-27-11-15-33-51(45)61)56(42)48-38-49(60-58(59-48)41-24-8-3-9-25-41)57-43(40-22-6-2-7-23-40)31-19-37-55(57)62-52-34-16-12-28-46(52)47-29-13-17-35-53(47)62/h1,3-6,8-20,22-39H,2,7,21H2. The van der Waals surface area contributed by atoms with Crippen LogP contribution in [-0.4, -0.2) is 19.1 Å². The van der Waals surface area contributed by atoms with E-state index in [2.05, 4.69) is 222 Å². The molecule has 12 rings (SSSR count). The largest absolute Gasteiger partial charge is 0.309 e. The fourth-order valence-corrected chi connectivity index (χ4v) is 9.98. The van der Waals surface area contributed by atoms with E-state index < -0.39 is 0 Å². The van der Waals surface area contributed by atoms with Crippen molar-refractivity contribution >= 4 is 49.2 Å². The number of allylic oxidation sites excluding steroid dienone is 8. The molecule has 7 aromatic carbocycles. The maximum Gasteiger partial charge on any atom is 0.160 e. The predicted octanol–water partition coefficient (Wildman–Crippen LogP) is 15.0. The van der Waals surface area contributed by atoms with Crippen molar-refractivity contribution < 1.29 is 0 Å². The summed E-state index contributed by atoms with van der Waals surface area (Å²) in [6, 6.07) is 61.4. The number of fused-ring (bicyclic) bond motifs is 6. The highest BCUT2D eigenvalue weighted by Crippen LogP contribution is 2.45. The van der Waals surface area contributed by atoms with Crippen LogP contribution < -0.4 is 0 Å². The van der Waals surface area contributed by atoms with E-state index in [1.165, 1.54) is 43.7 Å². The van der Waals surface area contributed by atoms with Gasteiger partial charge in [0, 0.05) is 44.2 Å². The van der Waals surface area contributed by atoms with Crippen LogP contribution >= 0.6 is 0 Å². The second kappa shape index (κ2) is 15.0. The lowest BCUT2D eigenvalue weighted by Gasteiger charge is -2.23. The van der Waals surface area contributed by atoms with Crippen LogP contribution in [-0.2, 0) is 0 Å². The third-order valence-electron chi connectivity index (χ3n) is 12.7. The van der Waals surface area contributed by atoms with Gasteiger partial charge >= 0.3 is 0 Å². The molecular formula is C58H42N4. The topological polar surface area (TPSA) is 35.6 Å². The summed E-state index contributed by atoms with van der Waals surface area (Å²) in [5.41, 5.74) is 15.4. The van der Waals surface area contributed by atoms with E-state index in [0.717, 1.165) is 75.3 Å². The molecule has 0 radical (unpaired) electrons. The zero-order chi connectivity index (χ0) is 41.0. The smallest absolute Gasteiger partial charge is 0.160 e. The first-order valence-corrected chi connectivity index (χ1v) is 21.7. The minimum atomic E-state index is 0.166. The van der Waals surface area contributed by atoms with Crippen LogP contribution in [0.3, 0.4) is 0 Å². The summed E-state index contributed by atoms with van der Waals surface area (Å²) < 4.78 is 4.89. The average Bonchev–Trinajstić information content (AvgIpc) is 3.87. The monoisotopic (exact) mass is 794 g/mol. The lowest BCUT2D eigenvalue weighted by molar-refractivity contribution is 0.853. The van der Waals surface area contributed by atoms with Crippen molar-refractivity contribution in [3.05, 3.63) is 224 Å². The molecule has 294 valence electrons. The van der Waals surface area contributed by atoms with Gasteiger partial charge in [-0.25, -0.2) is 9.97 Å². The van der Waals surface area contributed by atoms with Gasteiger partial charge in [-0.1, -0.05) is 170 Å². The number of rotatable bonds is 7. The van der Waals surface area contributed by atoms with Crippen molar-refractivity contribution in [2.75, 3.05) is 0 Å². The molecule has 2 aliphatic carbocycles. The Kier molecular flexibility index (Phi) is 8.74. The Morgan fingerprint density at radius 1 is 0.468 bits per heavy atom. The van der Waals surface area contributed by atoms with Gasteiger partial charge in [-0.3, -0.25) is 0 Å². The molecule has 2 aliphatic rings. The van der Waals surface area contributed by atoms with E-state index in [9.17, 15) is 0 Å². The first kappa shape index (κ1) is 36.1. The lowest BCUT2D eigenvalue weighted by atomic mass is 9.86. The van der Waals surface area contributed by atoms with Crippen LogP contribution in [0, 0.1) is 0 Å². The molecule has 3 heterocycles. The van der Waals surface area contributed by atoms with Gasteiger partial charge in [0.1, 0.15) is 0 Å². The minimum Gasteiger partial charge on any atom is -0.309 e. The highest BCUT2D eigenvalue weighted by molar-refractivity contribution is 6.11. The summed E-state index contributed by atoms with van der Waals surface area (Å²) in [6.45, 7) is 0. The zero-order valence-electron chi connectivity index (χ0n) is 34.2. The molecule has 0 fully saturated rings. The molecule has 4 nitrogen and oxygen atoms in total. The predicted molar refractivity (Wildman–Crippen MR) is 259 cm³/mol. The van der Waals surface area contributed by atoms with Gasteiger partial charge in [0.2, 0.25) is 0 Å². The van der Waals surface area contributed by atoms with Gasteiger partial charge in [0.15, 0.2) is 5.82 Å². The second-order valence-electron chi connectivity index (χ2n) is 16.3. The number of aromatic nitrogens is 4. The number of para-hydroxylation sites is 4. The van der Waals surface area contributed by atoms with E-state index in [1.807, 2.05) is 0 Å². The third-order valence-corrected chi connectivity index (χ3v) is 12.7. The van der Waals surface area contributed by atoms with Crippen molar-refractivity contribution in [2.24, 2.45) is 0 Å². The molecule has 0 aliphatic heterocycles. The summed E-state index contributed by atoms with van der Waals surface area (Å²) in [5.74, 6) is 0.857. The maximum atomic E-state index is 5.62. The first-order chi connectivity index (χ1) is 30.8. The van der Waals surface area contributed by atoms with Gasteiger partial charge in [0.05, 0.1) is 44.8 Å². The summed E-state index contributed by atoms with van der Waals surface area (Å²) in [7, 11) is 0. The maximum absolute atomic E-state index is 5.62. The molecule has 4 heteroatoms. The van der Waals surface area contributed by atoms with E-state index >= 15 is 0 Å². The van der Waals surface area contributed by atoms with Crippen molar-refractivity contribution in [2.45, 2.75) is 25.2 Å². The van der Waals surface area contributed by atoms with Crippen molar-refractivity contribution in [1.29, 1.82) is 0 Å². The molecule has 3 aromatic heterocycles. The van der Waals surface area contributed by atoms with E-state index in [0.29, 0.717) is 5.82 Å². The molecule has 0 saturated heterocycles. The summed E-state index contributed by atoms with van der Waals surface area (Å²) in [5, 5.41) is 4.91. The fraction of sp³-hybridized carbons (Fsp3) is 0.0690. The number of nitrogens with zero attached hydrogens (tertiary/aromatic N) is 4. The average molecular weight is 795 g/mol. The van der Waals surface area contributed by atoms with Gasteiger partial charge in [-0.05, 0) is 78.4 Å². The second-order valence-corrected chi connectivity index (χ2v) is 16.3. The van der Waals surface area contributed by atoms with E-state index in [4.69, 9.17) is 9.97 Å². The van der Waals surface area contributed by atoms with Gasteiger partial charge < -0.3 is 9.13 Å². The Morgan fingerprint density at radius 2 is 1.02 bits per heavy atom. The molecular weight excluding hydrogens is 753 g/mol. The van der Waals surface area contributed by atoms with E-state index in [-0.39, 0.29) is 5.92 Å². The SMILES string of the molecule is C1=CCC(c2cccc(-n3c4ccccc4c4ccccc43)c2-c2cc(-c3c(C4=CCCC=C4)cccc3-n3c4ccccc4c4ccccc43)nc(-c3ccccc3)n2)C=C1. The molecule has 62 heavy (non-hydrogen) atoms. The van der Waals surface area contributed by atoms with Crippen LogP contribution in [0.4, 0.5) is 0 Å². The van der Waals surface area contributed by atoms with Crippen LogP contribution in [0.1, 0.15) is 36.3 Å². The molecule has 0 saturated carbocycles. The Morgan fingerprint density at radius 3 is 1.58 bits per heavy atom. The van der Waals surface area contributed by atoms with E-state index in [1.54, 1.807) is 0 Å². The molecule has 1 unspecified atom stereocenters. The lowest BCUT2D eigenvalue weighted by Crippen LogP contribution is -2.07. The Hall–Kier alpha value is -7.82. The molecule has 0 bridgehead atoms. The number of benzene rings is 7. The van der Waals surface area contributed by atoms with Gasteiger partial charge in [0.25, 0.3) is 0 Å². The van der Waals surface area contributed by atoms with Crippen LogP contribution in [0.15, 0.2) is 212 Å². The molecule has 10 aromatic rings. The number of hydrogen-bond acceptors (Lipinski definition) is 2. The highest BCUT2D eigenvalue weighted by atomic mass is 15.0. The van der Waals surface area contributed by atoms with Crippen LogP contribution in [0.2, 0.25) is 0 Å². The first-order valence-electron chi connectivity index (χ1n) is 21.7. The summed E-state index contributed by atoms with van der Waals surface area (Å²) in [4.78, 5) is 11.2. The zero-order valence-corrected chi connectivity index (χ0v) is 34.2. The highest BCUT2D eigenvalue weighted by Gasteiger charge is 2.26. The fourth-order valence-electron chi connectivity index (χ4n) is 9.98. The quantitative estimate of drug-likeness (QED) is 0.161. The molecule has 0 N–H and O–H groups in total. The Labute approximate surface area is 360 Å². The third kappa shape index (κ3) is 5.90. The van der Waals surface area contributed by atoms with Gasteiger partial charge in [-0.15, -0.1) is 0 Å². The summed E-state index contributed by atoms with van der Waals surface area (Å²) in [6.07, 6.45) is 18.9.